The molecule has 0 aliphatic carbocycles. The number of hydrogen-bond donors (Lipinski definition) is 1. The Hall–Kier alpha value is -3.26. The fourth-order valence-electron chi connectivity index (χ4n) is 3.36. The molecule has 1 aromatic heterocycles. The van der Waals surface area contributed by atoms with Crippen molar-refractivity contribution in [3.05, 3.63) is 83.1 Å². The van der Waals surface area contributed by atoms with E-state index in [2.05, 4.69) is 10.4 Å². The van der Waals surface area contributed by atoms with Crippen LogP contribution >= 0.6 is 0 Å². The summed E-state index contributed by atoms with van der Waals surface area (Å²) in [4.78, 5) is 12.8. The largest absolute Gasteiger partial charge is 0.471 e. The Morgan fingerprint density at radius 2 is 1.77 bits per heavy atom. The molecule has 1 atom stereocenters. The Morgan fingerprint density at radius 3 is 2.42 bits per heavy atom. The number of ether oxygens (including phenoxy) is 2. The third-order valence-electron chi connectivity index (χ3n) is 5.03. The van der Waals surface area contributed by atoms with Gasteiger partial charge in [0, 0.05) is 19.3 Å². The summed E-state index contributed by atoms with van der Waals surface area (Å²) in [5.41, 5.74) is 1.88. The van der Waals surface area contributed by atoms with Crippen molar-refractivity contribution in [2.24, 2.45) is 0 Å². The SMILES string of the molecule is O=C(NC[C@@H]1CCCO1)c1cn(Cc2ccc(F)cc2)nc1OCc1ccc(F)cc1. The topological polar surface area (TPSA) is 65.4 Å². The van der Waals surface area contributed by atoms with E-state index >= 15 is 0 Å². The van der Waals surface area contributed by atoms with Gasteiger partial charge in [-0.3, -0.25) is 9.48 Å². The molecule has 0 spiro atoms. The summed E-state index contributed by atoms with van der Waals surface area (Å²) < 4.78 is 39.2. The van der Waals surface area contributed by atoms with E-state index < -0.39 is 0 Å². The zero-order valence-corrected chi connectivity index (χ0v) is 16.9. The Morgan fingerprint density at radius 1 is 1.10 bits per heavy atom. The minimum absolute atomic E-state index is 0.0155. The first kappa shape index (κ1) is 21.0. The smallest absolute Gasteiger partial charge is 0.258 e. The van der Waals surface area contributed by atoms with Gasteiger partial charge < -0.3 is 14.8 Å². The maximum Gasteiger partial charge on any atom is 0.258 e. The van der Waals surface area contributed by atoms with Crippen molar-refractivity contribution in [1.29, 1.82) is 0 Å². The van der Waals surface area contributed by atoms with Crippen LogP contribution in [0.3, 0.4) is 0 Å². The first-order valence-electron chi connectivity index (χ1n) is 10.2. The second-order valence-corrected chi connectivity index (χ2v) is 7.43. The lowest BCUT2D eigenvalue weighted by Crippen LogP contribution is -2.31. The van der Waals surface area contributed by atoms with Gasteiger partial charge in [-0.15, -0.1) is 5.10 Å². The van der Waals surface area contributed by atoms with Crippen molar-refractivity contribution >= 4 is 5.91 Å². The molecule has 0 radical (unpaired) electrons. The molecule has 3 aromatic rings. The number of halogens is 2. The summed E-state index contributed by atoms with van der Waals surface area (Å²) in [7, 11) is 0. The van der Waals surface area contributed by atoms with Crippen molar-refractivity contribution in [3.63, 3.8) is 0 Å². The highest BCUT2D eigenvalue weighted by Crippen LogP contribution is 2.20. The monoisotopic (exact) mass is 427 g/mol. The molecule has 1 aliphatic heterocycles. The van der Waals surface area contributed by atoms with Gasteiger partial charge in [0.15, 0.2) is 0 Å². The number of benzene rings is 2. The normalized spacial score (nSPS) is 15.7. The van der Waals surface area contributed by atoms with Gasteiger partial charge in [-0.2, -0.15) is 0 Å². The highest BCUT2D eigenvalue weighted by atomic mass is 19.1. The first-order chi connectivity index (χ1) is 15.1. The van der Waals surface area contributed by atoms with Crippen molar-refractivity contribution < 1.29 is 23.0 Å². The summed E-state index contributed by atoms with van der Waals surface area (Å²) in [6, 6.07) is 12.0. The zero-order chi connectivity index (χ0) is 21.6. The van der Waals surface area contributed by atoms with Crippen molar-refractivity contribution in [3.8, 4) is 5.88 Å². The van der Waals surface area contributed by atoms with Crippen LogP contribution in [0, 0.1) is 11.6 Å². The summed E-state index contributed by atoms with van der Waals surface area (Å²) in [5.74, 6) is -0.783. The number of amides is 1. The van der Waals surface area contributed by atoms with Crippen LogP contribution in [0.1, 0.15) is 34.3 Å². The third kappa shape index (κ3) is 5.67. The van der Waals surface area contributed by atoms with E-state index in [1.807, 2.05) is 0 Å². The van der Waals surface area contributed by atoms with E-state index in [1.54, 1.807) is 35.1 Å². The van der Waals surface area contributed by atoms with Gasteiger partial charge in [0.1, 0.15) is 23.8 Å². The van der Waals surface area contributed by atoms with Crippen LogP contribution in [0.25, 0.3) is 0 Å². The van der Waals surface area contributed by atoms with Gasteiger partial charge >= 0.3 is 0 Å². The molecular weight excluding hydrogens is 404 g/mol. The average molecular weight is 427 g/mol. The van der Waals surface area contributed by atoms with E-state index in [1.165, 1.54) is 24.3 Å². The van der Waals surface area contributed by atoms with Crippen molar-refractivity contribution in [2.45, 2.75) is 32.1 Å². The quantitative estimate of drug-likeness (QED) is 0.596. The van der Waals surface area contributed by atoms with E-state index in [4.69, 9.17) is 9.47 Å². The van der Waals surface area contributed by atoms with E-state index in [-0.39, 0.29) is 36.1 Å². The van der Waals surface area contributed by atoms with Gasteiger partial charge in [-0.1, -0.05) is 24.3 Å². The molecule has 1 N–H and O–H groups in total. The molecule has 31 heavy (non-hydrogen) atoms. The van der Waals surface area contributed by atoms with E-state index in [9.17, 15) is 13.6 Å². The zero-order valence-electron chi connectivity index (χ0n) is 16.9. The van der Waals surface area contributed by atoms with Crippen LogP contribution in [-0.2, 0) is 17.9 Å². The van der Waals surface area contributed by atoms with E-state index in [0.29, 0.717) is 25.3 Å². The second kappa shape index (κ2) is 9.70. The standard InChI is InChI=1S/C23H23F2N3O3/c24-18-7-3-16(4-8-18)13-28-14-21(22(29)26-12-20-2-1-11-30-20)23(27-28)31-15-17-5-9-19(25)10-6-17/h3-10,14,20H,1-2,11-13,15H2,(H,26,29)/t20-/m0/s1. The fourth-order valence-corrected chi connectivity index (χ4v) is 3.36. The Kier molecular flexibility index (Phi) is 6.57. The molecule has 1 fully saturated rings. The first-order valence-corrected chi connectivity index (χ1v) is 10.2. The predicted octanol–water partition coefficient (Wildman–Crippen LogP) is 3.70. The lowest BCUT2D eigenvalue weighted by molar-refractivity contribution is 0.0854. The van der Waals surface area contributed by atoms with Gasteiger partial charge in [-0.05, 0) is 48.2 Å². The highest BCUT2D eigenvalue weighted by molar-refractivity contribution is 5.96. The number of rotatable bonds is 8. The molecule has 0 saturated carbocycles. The molecule has 162 valence electrons. The summed E-state index contributed by atoms with van der Waals surface area (Å²) >= 11 is 0. The Bertz CT molecular complexity index is 1010. The van der Waals surface area contributed by atoms with Gasteiger partial charge in [0.05, 0.1) is 12.6 Å². The molecule has 6 nitrogen and oxygen atoms in total. The fraction of sp³-hybridized carbons (Fsp3) is 0.304. The number of carbonyl (C=O) groups is 1. The molecule has 2 aromatic carbocycles. The van der Waals surface area contributed by atoms with Crippen molar-refractivity contribution in [2.75, 3.05) is 13.2 Å². The molecular formula is C23H23F2N3O3. The highest BCUT2D eigenvalue weighted by Gasteiger charge is 2.21. The number of carbonyl (C=O) groups excluding carboxylic acids is 1. The molecule has 1 saturated heterocycles. The summed E-state index contributed by atoms with van der Waals surface area (Å²) in [5, 5.41) is 7.27. The molecule has 1 amide bonds. The van der Waals surface area contributed by atoms with Crippen LogP contribution in [0.4, 0.5) is 8.78 Å². The molecule has 0 unspecified atom stereocenters. The summed E-state index contributed by atoms with van der Waals surface area (Å²) in [6.07, 6.45) is 3.52. The lowest BCUT2D eigenvalue weighted by atomic mass is 10.2. The van der Waals surface area contributed by atoms with E-state index in [0.717, 1.165) is 24.0 Å². The van der Waals surface area contributed by atoms with Crippen LogP contribution in [0.15, 0.2) is 54.7 Å². The van der Waals surface area contributed by atoms with Gasteiger partial charge in [0.2, 0.25) is 5.88 Å². The summed E-state index contributed by atoms with van der Waals surface area (Å²) in [6.45, 7) is 1.62. The minimum Gasteiger partial charge on any atom is -0.471 e. The average Bonchev–Trinajstić information content (AvgIpc) is 3.43. The predicted molar refractivity (Wildman–Crippen MR) is 110 cm³/mol. The second-order valence-electron chi connectivity index (χ2n) is 7.43. The van der Waals surface area contributed by atoms with Crippen LogP contribution in [-0.4, -0.2) is 34.9 Å². The third-order valence-corrected chi connectivity index (χ3v) is 5.03. The number of nitrogens with zero attached hydrogens (tertiary/aromatic N) is 2. The number of hydrogen-bond acceptors (Lipinski definition) is 4. The lowest BCUT2D eigenvalue weighted by Gasteiger charge is -2.11. The molecule has 0 bridgehead atoms. The molecule has 8 heteroatoms. The molecule has 2 heterocycles. The van der Waals surface area contributed by atoms with Gasteiger partial charge in [-0.25, -0.2) is 8.78 Å². The molecule has 4 rings (SSSR count). The van der Waals surface area contributed by atoms with Crippen LogP contribution in [0.2, 0.25) is 0 Å². The van der Waals surface area contributed by atoms with Gasteiger partial charge in [0.25, 0.3) is 5.91 Å². The maximum atomic E-state index is 13.2. The number of nitrogens with one attached hydrogen (secondary N) is 1. The Labute approximate surface area is 178 Å². The van der Waals surface area contributed by atoms with Crippen LogP contribution in [0.5, 0.6) is 5.88 Å². The van der Waals surface area contributed by atoms with Crippen LogP contribution < -0.4 is 10.1 Å². The maximum absolute atomic E-state index is 13.2. The Balaban J connectivity index is 1.49. The van der Waals surface area contributed by atoms with Crippen molar-refractivity contribution in [1.82, 2.24) is 15.1 Å². The minimum atomic E-state index is -0.332. The molecule has 1 aliphatic rings. The number of aromatic nitrogens is 2.